The zero-order chi connectivity index (χ0) is 15.9. The Morgan fingerprint density at radius 1 is 1.45 bits per heavy atom. The van der Waals surface area contributed by atoms with Crippen LogP contribution >= 0.6 is 22.9 Å². The zero-order valence-corrected chi connectivity index (χ0v) is 14.7. The minimum Gasteiger partial charge on any atom is -0.349 e. The molecule has 1 aromatic carbocycles. The first-order valence-electron chi connectivity index (χ1n) is 7.48. The average Bonchev–Trinajstić information content (AvgIpc) is 2.90. The Balaban J connectivity index is 1.87. The van der Waals surface area contributed by atoms with Gasteiger partial charge in [-0.05, 0) is 37.5 Å². The molecule has 2 aromatic rings. The van der Waals surface area contributed by atoms with Crippen LogP contribution in [-0.4, -0.2) is 43.0 Å². The van der Waals surface area contributed by atoms with Gasteiger partial charge in [-0.2, -0.15) is 0 Å². The van der Waals surface area contributed by atoms with Gasteiger partial charge in [-0.15, -0.1) is 0 Å². The number of amides is 1. The lowest BCUT2D eigenvalue weighted by Gasteiger charge is -2.32. The summed E-state index contributed by atoms with van der Waals surface area (Å²) in [6.07, 6.45) is 1.99. The van der Waals surface area contributed by atoms with E-state index in [0.29, 0.717) is 0 Å². The number of aryl methyl sites for hydroxylation is 1. The van der Waals surface area contributed by atoms with Gasteiger partial charge in [0.1, 0.15) is 0 Å². The Hall–Kier alpha value is -1.33. The second-order valence-corrected chi connectivity index (χ2v) is 7.53. The second kappa shape index (κ2) is 6.05. The SMILES string of the molecule is Cc1cc(Cl)cc2sc(N3CCCC(C(=O)N(C)C)C3)nc12. The van der Waals surface area contributed by atoms with E-state index < -0.39 is 0 Å². The molecule has 118 valence electrons. The highest BCUT2D eigenvalue weighted by atomic mass is 35.5. The lowest BCUT2D eigenvalue weighted by molar-refractivity contribution is -0.133. The number of nitrogens with zero attached hydrogens (tertiary/aromatic N) is 3. The van der Waals surface area contributed by atoms with Crippen LogP contribution in [0.3, 0.4) is 0 Å². The first kappa shape index (κ1) is 15.6. The van der Waals surface area contributed by atoms with Crippen molar-refractivity contribution in [1.82, 2.24) is 9.88 Å². The zero-order valence-electron chi connectivity index (χ0n) is 13.1. The van der Waals surface area contributed by atoms with Crippen LogP contribution in [0.1, 0.15) is 18.4 Å². The minimum absolute atomic E-state index is 0.0699. The molecule has 22 heavy (non-hydrogen) atoms. The van der Waals surface area contributed by atoms with Gasteiger partial charge in [0.2, 0.25) is 5.91 Å². The fraction of sp³-hybridized carbons (Fsp3) is 0.500. The van der Waals surface area contributed by atoms with Crippen LogP contribution < -0.4 is 4.90 Å². The van der Waals surface area contributed by atoms with Crippen molar-refractivity contribution in [3.8, 4) is 0 Å². The van der Waals surface area contributed by atoms with Crippen molar-refractivity contribution in [2.75, 3.05) is 32.1 Å². The Bertz CT molecular complexity index is 713. The number of halogens is 1. The van der Waals surface area contributed by atoms with Gasteiger partial charge in [0.25, 0.3) is 0 Å². The third-order valence-electron chi connectivity index (χ3n) is 4.12. The predicted molar refractivity (Wildman–Crippen MR) is 93.0 cm³/mol. The average molecular weight is 338 g/mol. The molecule has 3 rings (SSSR count). The van der Waals surface area contributed by atoms with Gasteiger partial charge in [0.15, 0.2) is 5.13 Å². The molecule has 1 saturated heterocycles. The maximum Gasteiger partial charge on any atom is 0.226 e. The summed E-state index contributed by atoms with van der Waals surface area (Å²) in [5, 5.41) is 1.75. The summed E-state index contributed by atoms with van der Waals surface area (Å²) in [6, 6.07) is 3.92. The van der Waals surface area contributed by atoms with Gasteiger partial charge < -0.3 is 9.80 Å². The molecule has 0 N–H and O–H groups in total. The van der Waals surface area contributed by atoms with Crippen molar-refractivity contribution < 1.29 is 4.79 Å². The van der Waals surface area contributed by atoms with E-state index in [1.165, 1.54) is 0 Å². The first-order chi connectivity index (χ1) is 10.5. The molecule has 2 heterocycles. The fourth-order valence-electron chi connectivity index (χ4n) is 3.00. The molecule has 4 nitrogen and oxygen atoms in total. The molecule has 0 bridgehead atoms. The molecule has 1 amide bonds. The van der Waals surface area contributed by atoms with E-state index in [2.05, 4.69) is 4.90 Å². The molecule has 0 aliphatic carbocycles. The molecule has 1 aliphatic heterocycles. The summed E-state index contributed by atoms with van der Waals surface area (Å²) in [4.78, 5) is 20.9. The highest BCUT2D eigenvalue weighted by Gasteiger charge is 2.28. The van der Waals surface area contributed by atoms with E-state index in [1.54, 1.807) is 16.2 Å². The van der Waals surface area contributed by atoms with E-state index in [1.807, 2.05) is 33.2 Å². The number of carbonyl (C=O) groups excluding carboxylic acids is 1. The molecule has 1 unspecified atom stereocenters. The van der Waals surface area contributed by atoms with Gasteiger partial charge in [0, 0.05) is 32.2 Å². The Labute approximate surface area is 139 Å². The van der Waals surface area contributed by atoms with Crippen molar-refractivity contribution in [3.05, 3.63) is 22.7 Å². The lowest BCUT2D eigenvalue weighted by atomic mass is 9.97. The molecule has 1 fully saturated rings. The monoisotopic (exact) mass is 337 g/mol. The highest BCUT2D eigenvalue weighted by molar-refractivity contribution is 7.22. The topological polar surface area (TPSA) is 36.4 Å². The Morgan fingerprint density at radius 2 is 2.23 bits per heavy atom. The molecule has 1 aromatic heterocycles. The number of thiazole rings is 1. The summed E-state index contributed by atoms with van der Waals surface area (Å²) in [7, 11) is 3.65. The number of anilines is 1. The van der Waals surface area contributed by atoms with Gasteiger partial charge >= 0.3 is 0 Å². The number of rotatable bonds is 2. The number of aromatic nitrogens is 1. The molecular formula is C16H20ClN3OS. The number of piperidine rings is 1. The maximum absolute atomic E-state index is 12.2. The minimum atomic E-state index is 0.0699. The van der Waals surface area contributed by atoms with Gasteiger partial charge in [-0.3, -0.25) is 4.79 Å². The van der Waals surface area contributed by atoms with Crippen LogP contribution in [0.15, 0.2) is 12.1 Å². The predicted octanol–water partition coefficient (Wildman–Crippen LogP) is 3.56. The molecular weight excluding hydrogens is 318 g/mol. The Morgan fingerprint density at radius 3 is 2.95 bits per heavy atom. The number of fused-ring (bicyclic) bond motifs is 1. The first-order valence-corrected chi connectivity index (χ1v) is 8.68. The second-order valence-electron chi connectivity index (χ2n) is 6.08. The summed E-state index contributed by atoms with van der Waals surface area (Å²) < 4.78 is 1.11. The summed E-state index contributed by atoms with van der Waals surface area (Å²) in [6.45, 7) is 3.75. The van der Waals surface area contributed by atoms with E-state index in [-0.39, 0.29) is 11.8 Å². The smallest absolute Gasteiger partial charge is 0.226 e. The summed E-state index contributed by atoms with van der Waals surface area (Å²) in [5.41, 5.74) is 2.12. The van der Waals surface area contributed by atoms with Gasteiger partial charge in [-0.1, -0.05) is 22.9 Å². The third-order valence-corrected chi connectivity index (χ3v) is 5.40. The summed E-state index contributed by atoms with van der Waals surface area (Å²) >= 11 is 7.79. The number of hydrogen-bond donors (Lipinski definition) is 0. The number of benzene rings is 1. The van der Waals surface area contributed by atoms with Crippen LogP contribution in [0.2, 0.25) is 5.02 Å². The number of hydrogen-bond acceptors (Lipinski definition) is 4. The molecule has 1 atom stereocenters. The molecule has 1 aliphatic rings. The van der Waals surface area contributed by atoms with Crippen molar-refractivity contribution in [1.29, 1.82) is 0 Å². The van der Waals surface area contributed by atoms with Crippen molar-refractivity contribution in [3.63, 3.8) is 0 Å². The van der Waals surface area contributed by atoms with Crippen molar-refractivity contribution in [2.24, 2.45) is 5.92 Å². The van der Waals surface area contributed by atoms with Crippen LogP contribution in [0.5, 0.6) is 0 Å². The summed E-state index contributed by atoms with van der Waals surface area (Å²) in [5.74, 6) is 0.283. The Kier molecular flexibility index (Phi) is 4.28. The molecule has 6 heteroatoms. The van der Waals surface area contributed by atoms with E-state index in [0.717, 1.165) is 51.9 Å². The van der Waals surface area contributed by atoms with Crippen LogP contribution in [0, 0.1) is 12.8 Å². The molecule has 0 saturated carbocycles. The maximum atomic E-state index is 12.2. The lowest BCUT2D eigenvalue weighted by Crippen LogP contribution is -2.42. The largest absolute Gasteiger partial charge is 0.349 e. The third kappa shape index (κ3) is 2.92. The molecule has 0 radical (unpaired) electrons. The van der Waals surface area contributed by atoms with E-state index >= 15 is 0 Å². The number of carbonyl (C=O) groups is 1. The fourth-order valence-corrected chi connectivity index (χ4v) is 4.45. The molecule has 0 spiro atoms. The standard InChI is InChI=1S/C16H20ClN3OS/c1-10-7-12(17)8-13-14(10)18-16(22-13)20-6-4-5-11(9-20)15(21)19(2)3/h7-8,11H,4-6,9H2,1-3H3. The van der Waals surface area contributed by atoms with Crippen LogP contribution in [0.4, 0.5) is 5.13 Å². The van der Waals surface area contributed by atoms with Gasteiger partial charge in [-0.25, -0.2) is 4.98 Å². The van der Waals surface area contributed by atoms with Gasteiger partial charge in [0.05, 0.1) is 16.1 Å². The van der Waals surface area contributed by atoms with Crippen LogP contribution in [-0.2, 0) is 4.79 Å². The van der Waals surface area contributed by atoms with Crippen molar-refractivity contribution in [2.45, 2.75) is 19.8 Å². The quantitative estimate of drug-likeness (QED) is 0.840. The van der Waals surface area contributed by atoms with E-state index in [9.17, 15) is 4.79 Å². The van der Waals surface area contributed by atoms with Crippen LogP contribution in [0.25, 0.3) is 10.2 Å². The normalized spacial score (nSPS) is 18.7. The van der Waals surface area contributed by atoms with E-state index in [4.69, 9.17) is 16.6 Å². The highest BCUT2D eigenvalue weighted by Crippen LogP contribution is 2.34. The van der Waals surface area contributed by atoms with Crippen molar-refractivity contribution >= 4 is 44.2 Å².